The monoisotopic (exact) mass is 324 g/mol. The molecule has 2 aliphatic carbocycles. The van der Waals surface area contributed by atoms with Crippen LogP contribution in [0.25, 0.3) is 0 Å². The van der Waals surface area contributed by atoms with Gasteiger partial charge in [-0.3, -0.25) is 4.79 Å². The Kier molecular flexibility index (Phi) is 8.52. The maximum atomic E-state index is 11.8. The molecule has 0 N–H and O–H groups in total. The predicted molar refractivity (Wildman–Crippen MR) is 77.7 cm³/mol. The second-order valence-electron chi connectivity index (χ2n) is 3.94. The van der Waals surface area contributed by atoms with Gasteiger partial charge in [0.1, 0.15) is 0 Å². The minimum absolute atomic E-state index is 0. The largest absolute Gasteiger partial charge is 2.00 e. The van der Waals surface area contributed by atoms with Gasteiger partial charge in [-0.1, -0.05) is 23.7 Å². The van der Waals surface area contributed by atoms with Gasteiger partial charge >= 0.3 is 17.1 Å². The van der Waals surface area contributed by atoms with Crippen molar-refractivity contribution < 1.29 is 21.9 Å². The van der Waals surface area contributed by atoms with Gasteiger partial charge in [0.05, 0.1) is 10.9 Å². The molecule has 3 heteroatoms. The fourth-order valence-electron chi connectivity index (χ4n) is 1.65. The molecule has 1 aromatic carbocycles. The van der Waals surface area contributed by atoms with Crippen LogP contribution < -0.4 is 0 Å². The normalized spacial score (nSPS) is 18.1. The molecule has 0 bridgehead atoms. The van der Waals surface area contributed by atoms with Crippen LogP contribution in [0.4, 0.5) is 0 Å². The van der Waals surface area contributed by atoms with Gasteiger partial charge in [0.25, 0.3) is 0 Å². The summed E-state index contributed by atoms with van der Waals surface area (Å²) in [6.45, 7) is 0. The summed E-state index contributed by atoms with van der Waals surface area (Å²) in [5.41, 5.74) is 0.556. The number of ketones is 1. The van der Waals surface area contributed by atoms with Crippen LogP contribution in [0.1, 0.15) is 10.4 Å². The average molecular weight is 325 g/mol. The van der Waals surface area contributed by atoms with Gasteiger partial charge in [0.2, 0.25) is 0 Å². The van der Waals surface area contributed by atoms with Crippen molar-refractivity contribution >= 4 is 17.4 Å². The van der Waals surface area contributed by atoms with Crippen molar-refractivity contribution in [3.8, 4) is 0 Å². The van der Waals surface area contributed by atoms with Gasteiger partial charge in [-0.25, -0.2) is 0 Å². The predicted octanol–water partition coefficient (Wildman–Crippen LogP) is 3.95. The number of carbonyl (C=O) groups is 1. The van der Waals surface area contributed by atoms with E-state index in [1.807, 2.05) is 57.1 Å². The van der Waals surface area contributed by atoms with Gasteiger partial charge in [0, 0.05) is 5.56 Å². The van der Waals surface area contributed by atoms with Crippen LogP contribution in [0, 0.1) is 63.7 Å². The van der Waals surface area contributed by atoms with E-state index in [0.29, 0.717) is 16.5 Å². The number of rotatable bonds is 2. The summed E-state index contributed by atoms with van der Waals surface area (Å²) < 4.78 is 0. The molecule has 0 atom stereocenters. The van der Waals surface area contributed by atoms with Gasteiger partial charge in [-0.15, -0.1) is 0 Å². The summed E-state index contributed by atoms with van der Waals surface area (Å²) in [5.74, 6) is 0.652. The number of halogens is 1. The van der Waals surface area contributed by atoms with Crippen LogP contribution in [0.2, 0.25) is 5.02 Å². The molecule has 2 saturated carbocycles. The van der Waals surface area contributed by atoms with Crippen LogP contribution in [-0.4, -0.2) is 5.78 Å². The van der Waals surface area contributed by atoms with Crippen molar-refractivity contribution in [2.24, 2.45) is 0 Å². The number of Topliss-reactive ketones (excluding diaryl/α,β-unsaturated/α-hetero) is 1. The average Bonchev–Trinajstić information content (AvgIpc) is 3.14. The Balaban J connectivity index is 0.000000283. The summed E-state index contributed by atoms with van der Waals surface area (Å²) >= 11 is 5.92. The first-order chi connectivity index (χ1) is 9.29. The Morgan fingerprint density at radius 1 is 0.800 bits per heavy atom. The minimum atomic E-state index is -0.0272. The van der Waals surface area contributed by atoms with Gasteiger partial charge in [-0.2, -0.15) is 0 Å². The van der Waals surface area contributed by atoms with Crippen LogP contribution in [-0.2, 0) is 17.1 Å². The van der Waals surface area contributed by atoms with E-state index < -0.39 is 0 Å². The standard InChI is InChI=1S/C12H8ClO.C5H5.Fe/c13-11-8-4-3-7-10(11)12(14)9-5-1-2-6-9;1-2-4-5-3-1;/h1-8H;1-5H;/q;;+2. The molecule has 20 heavy (non-hydrogen) atoms. The topological polar surface area (TPSA) is 17.1 Å². The maximum absolute atomic E-state index is 11.8. The van der Waals surface area contributed by atoms with Crippen molar-refractivity contribution in [1.29, 1.82) is 0 Å². The Morgan fingerprint density at radius 3 is 1.80 bits per heavy atom. The van der Waals surface area contributed by atoms with Gasteiger partial charge in [0.15, 0.2) is 5.78 Å². The molecule has 0 aromatic heterocycles. The Bertz CT molecular complexity index is 402. The van der Waals surface area contributed by atoms with E-state index in [2.05, 4.69) is 0 Å². The third-order valence-electron chi connectivity index (χ3n) is 2.60. The van der Waals surface area contributed by atoms with E-state index in [9.17, 15) is 4.79 Å². The first-order valence-electron chi connectivity index (χ1n) is 5.96. The summed E-state index contributed by atoms with van der Waals surface area (Å²) in [6, 6.07) is 7.07. The Labute approximate surface area is 138 Å². The summed E-state index contributed by atoms with van der Waals surface area (Å²) in [5, 5.41) is 0.499. The molecule has 0 aliphatic heterocycles. The van der Waals surface area contributed by atoms with E-state index >= 15 is 0 Å². The summed E-state index contributed by atoms with van der Waals surface area (Å²) in [4.78, 5) is 11.8. The van der Waals surface area contributed by atoms with Crippen molar-refractivity contribution in [2.45, 2.75) is 0 Å². The zero-order chi connectivity index (χ0) is 13.5. The number of hydrogen-bond donors (Lipinski definition) is 0. The maximum Gasteiger partial charge on any atom is 2.00 e. The number of benzene rings is 1. The molecule has 0 heterocycles. The van der Waals surface area contributed by atoms with E-state index in [4.69, 9.17) is 11.6 Å². The van der Waals surface area contributed by atoms with Crippen molar-refractivity contribution in [1.82, 2.24) is 0 Å². The molecule has 1 aromatic rings. The third kappa shape index (κ3) is 5.24. The molecule has 2 fully saturated rings. The summed E-state index contributed by atoms with van der Waals surface area (Å²) in [6.07, 6.45) is 17.2. The Morgan fingerprint density at radius 2 is 1.30 bits per heavy atom. The molecular weight excluding hydrogens is 311 g/mol. The minimum Gasteiger partial charge on any atom is -0.293 e. The van der Waals surface area contributed by atoms with Crippen LogP contribution in [0.15, 0.2) is 24.3 Å². The molecule has 1 nitrogen and oxygen atoms in total. The SMILES string of the molecule is O=C([C]1[CH][CH][CH][CH]1)c1ccccc1Cl.[CH]1[CH][CH][CH][CH]1.[Fe+2]. The van der Waals surface area contributed by atoms with E-state index in [0.717, 1.165) is 0 Å². The third-order valence-corrected chi connectivity index (χ3v) is 2.93. The number of hydrogen-bond acceptors (Lipinski definition) is 1. The van der Waals surface area contributed by atoms with E-state index in [1.54, 1.807) is 25.0 Å². The Hall–Kier alpha value is -0.301. The van der Waals surface area contributed by atoms with Crippen molar-refractivity contribution in [2.75, 3.05) is 0 Å². The van der Waals surface area contributed by atoms with E-state index in [1.165, 1.54) is 0 Å². The molecule has 100 valence electrons. The molecule has 3 rings (SSSR count). The van der Waals surface area contributed by atoms with Crippen LogP contribution >= 0.6 is 11.6 Å². The summed E-state index contributed by atoms with van der Waals surface area (Å²) in [7, 11) is 0. The second-order valence-corrected chi connectivity index (χ2v) is 4.35. The molecular formula is C17H13ClFeO+2. The van der Waals surface area contributed by atoms with E-state index in [-0.39, 0.29) is 22.9 Å². The molecule has 2 aliphatic rings. The fourth-order valence-corrected chi connectivity index (χ4v) is 1.87. The first-order valence-corrected chi connectivity index (χ1v) is 6.34. The first kappa shape index (κ1) is 17.8. The smallest absolute Gasteiger partial charge is 0.293 e. The molecule has 0 unspecified atom stereocenters. The van der Waals surface area contributed by atoms with Crippen LogP contribution in [0.5, 0.6) is 0 Å². The molecule has 0 saturated heterocycles. The van der Waals surface area contributed by atoms with Gasteiger partial charge in [-0.05, 0) is 69.9 Å². The van der Waals surface area contributed by atoms with Crippen molar-refractivity contribution in [3.63, 3.8) is 0 Å². The fraction of sp³-hybridized carbons (Fsp3) is 0. The molecule has 10 radical (unpaired) electrons. The zero-order valence-electron chi connectivity index (χ0n) is 10.6. The zero-order valence-corrected chi connectivity index (χ0v) is 12.5. The second kappa shape index (κ2) is 9.60. The van der Waals surface area contributed by atoms with Gasteiger partial charge < -0.3 is 0 Å². The molecule has 0 amide bonds. The quantitative estimate of drug-likeness (QED) is 0.595. The van der Waals surface area contributed by atoms with Crippen LogP contribution in [0.3, 0.4) is 0 Å². The molecule has 0 spiro atoms. The van der Waals surface area contributed by atoms with Crippen molar-refractivity contribution in [3.05, 3.63) is 98.6 Å². The number of carbonyl (C=O) groups excluding carboxylic acids is 1.